The summed E-state index contributed by atoms with van der Waals surface area (Å²) in [4.78, 5) is 9.86. The Labute approximate surface area is 112 Å². The van der Waals surface area contributed by atoms with E-state index in [9.17, 15) is 9.90 Å². The van der Waals surface area contributed by atoms with E-state index in [1.807, 2.05) is 0 Å². The first-order valence-electron chi connectivity index (χ1n) is 3.09. The fourth-order valence-corrected chi connectivity index (χ4v) is 0.630. The van der Waals surface area contributed by atoms with Gasteiger partial charge in [0, 0.05) is 0 Å². The van der Waals surface area contributed by atoms with Gasteiger partial charge in [-0.1, -0.05) is 0 Å². The van der Waals surface area contributed by atoms with Crippen LogP contribution in [0.3, 0.4) is 0 Å². The average molecular weight is 194 g/mol. The van der Waals surface area contributed by atoms with Gasteiger partial charge in [0.2, 0.25) is 0 Å². The number of ether oxygens (including phenoxy) is 1. The molecule has 0 aromatic carbocycles. The van der Waals surface area contributed by atoms with E-state index in [0.29, 0.717) is 5.76 Å². The number of hydrogen-bond acceptors (Lipinski definition) is 4. The van der Waals surface area contributed by atoms with E-state index in [4.69, 9.17) is 4.42 Å². The molecule has 5 heteroatoms. The van der Waals surface area contributed by atoms with Crippen molar-refractivity contribution in [1.82, 2.24) is 0 Å². The second kappa shape index (κ2) is 6.82. The summed E-state index contributed by atoms with van der Waals surface area (Å²) in [5.41, 5.74) is 0. The van der Waals surface area contributed by atoms with E-state index in [-0.39, 0.29) is 58.0 Å². The minimum atomic E-state index is -1.23. The van der Waals surface area contributed by atoms with Gasteiger partial charge in [-0.3, -0.25) is 0 Å². The topological polar surface area (TPSA) is 62.5 Å². The first kappa shape index (κ1) is 12.3. The van der Waals surface area contributed by atoms with Crippen molar-refractivity contribution in [3.05, 3.63) is 24.2 Å². The summed E-state index contributed by atoms with van der Waals surface area (Å²) in [6.45, 7) is -0.234. The van der Waals surface area contributed by atoms with Crippen LogP contribution in [0, 0.1) is 0 Å². The van der Waals surface area contributed by atoms with Crippen LogP contribution in [-0.4, -0.2) is 12.6 Å². The van der Waals surface area contributed by atoms with Crippen LogP contribution in [0.4, 0.5) is 0 Å². The van der Waals surface area contributed by atoms with Gasteiger partial charge >= 0.3 is 51.4 Å². The number of carbonyl (C=O) groups excluding carboxylic acids is 1. The first-order valence-corrected chi connectivity index (χ1v) is 3.09. The quantitative estimate of drug-likeness (QED) is 0.468. The smallest absolute Gasteiger partial charge is 0.548 e. The Morgan fingerprint density at radius 3 is 2.92 bits per heavy atom. The molecule has 0 N–H and O–H groups in total. The molecule has 1 rings (SSSR count). The third kappa shape index (κ3) is 5.07. The molecule has 0 spiro atoms. The molecule has 0 saturated heterocycles. The molecule has 1 heterocycles. The van der Waals surface area contributed by atoms with E-state index in [1.54, 1.807) is 12.1 Å². The van der Waals surface area contributed by atoms with Crippen molar-refractivity contribution in [1.29, 1.82) is 0 Å². The molecule has 0 unspecified atom stereocenters. The summed E-state index contributed by atoms with van der Waals surface area (Å²) in [5.74, 6) is -0.622. The van der Waals surface area contributed by atoms with Crippen molar-refractivity contribution >= 4 is 5.97 Å². The fourth-order valence-electron chi connectivity index (χ4n) is 0.630. The summed E-state index contributed by atoms with van der Waals surface area (Å²) in [6.07, 6.45) is 1.50. The third-order valence-electron chi connectivity index (χ3n) is 1.04. The molecule has 0 fully saturated rings. The van der Waals surface area contributed by atoms with Crippen LogP contribution in [0.25, 0.3) is 0 Å². The molecule has 0 aliphatic heterocycles. The van der Waals surface area contributed by atoms with Crippen molar-refractivity contribution in [2.24, 2.45) is 0 Å². The van der Waals surface area contributed by atoms with Crippen LogP contribution in [0.15, 0.2) is 22.8 Å². The molecule has 0 bridgehead atoms. The Morgan fingerprint density at radius 1 is 1.67 bits per heavy atom. The summed E-state index contributed by atoms with van der Waals surface area (Å²) < 4.78 is 9.56. The molecule has 4 nitrogen and oxygen atoms in total. The predicted octanol–water partition coefficient (Wildman–Crippen LogP) is -3.45. The van der Waals surface area contributed by atoms with Crippen molar-refractivity contribution < 1.29 is 70.4 Å². The Morgan fingerprint density at radius 2 is 2.42 bits per heavy atom. The van der Waals surface area contributed by atoms with Crippen molar-refractivity contribution in [2.75, 3.05) is 6.61 Å². The zero-order chi connectivity index (χ0) is 8.10. The third-order valence-corrected chi connectivity index (χ3v) is 1.04. The van der Waals surface area contributed by atoms with Gasteiger partial charge < -0.3 is 19.1 Å². The normalized spacial score (nSPS) is 9.00. The standard InChI is InChI=1S/C7H8O4.K/c8-7(9)5-10-4-6-2-1-3-11-6;/h1-3H,4-5H2,(H,8,9);/q;+1/p-1. The largest absolute Gasteiger partial charge is 1.00 e. The molecule has 0 atom stereocenters. The van der Waals surface area contributed by atoms with Gasteiger partial charge in [0.05, 0.1) is 18.8 Å². The van der Waals surface area contributed by atoms with Gasteiger partial charge in [0.15, 0.2) is 0 Å². The number of hydrogen-bond donors (Lipinski definition) is 0. The molecule has 0 aliphatic rings. The number of aliphatic carboxylic acids is 1. The molecule has 0 aliphatic carbocycles. The van der Waals surface area contributed by atoms with Crippen LogP contribution < -0.4 is 56.5 Å². The minimum Gasteiger partial charge on any atom is -0.548 e. The van der Waals surface area contributed by atoms with Gasteiger partial charge in [-0.2, -0.15) is 0 Å². The molecular formula is C7H7KO4. The number of rotatable bonds is 4. The zero-order valence-corrected chi connectivity index (χ0v) is 9.90. The monoisotopic (exact) mass is 194 g/mol. The van der Waals surface area contributed by atoms with Gasteiger partial charge in [-0.05, 0) is 12.1 Å². The molecule has 1 aromatic heterocycles. The van der Waals surface area contributed by atoms with Crippen molar-refractivity contribution in [3.8, 4) is 0 Å². The summed E-state index contributed by atoms with van der Waals surface area (Å²) in [6, 6.07) is 3.41. The molecule has 0 radical (unpaired) electrons. The van der Waals surface area contributed by atoms with Gasteiger partial charge in [0.1, 0.15) is 12.4 Å². The summed E-state index contributed by atoms with van der Waals surface area (Å²) in [7, 11) is 0. The number of furan rings is 1. The molecular weight excluding hydrogens is 187 g/mol. The summed E-state index contributed by atoms with van der Waals surface area (Å²) in [5, 5.41) is 9.86. The maximum Gasteiger partial charge on any atom is 1.00 e. The minimum absolute atomic E-state index is 0. The van der Waals surface area contributed by atoms with Crippen molar-refractivity contribution in [2.45, 2.75) is 6.61 Å². The number of carbonyl (C=O) groups is 1. The van der Waals surface area contributed by atoms with E-state index in [2.05, 4.69) is 4.74 Å². The van der Waals surface area contributed by atoms with Gasteiger partial charge in [0.25, 0.3) is 0 Å². The van der Waals surface area contributed by atoms with Gasteiger partial charge in [-0.15, -0.1) is 0 Å². The number of carboxylic acid groups (broad SMARTS) is 1. The predicted molar refractivity (Wildman–Crippen MR) is 33.4 cm³/mol. The van der Waals surface area contributed by atoms with E-state index < -0.39 is 12.6 Å². The molecule has 12 heavy (non-hydrogen) atoms. The van der Waals surface area contributed by atoms with Crippen LogP contribution in [0.5, 0.6) is 0 Å². The van der Waals surface area contributed by atoms with Crippen LogP contribution in [0.2, 0.25) is 0 Å². The number of carboxylic acids is 1. The molecule has 0 saturated carbocycles. The average Bonchev–Trinajstić information content (AvgIpc) is 2.39. The van der Waals surface area contributed by atoms with Gasteiger partial charge in [-0.25, -0.2) is 0 Å². The van der Waals surface area contributed by atoms with E-state index >= 15 is 0 Å². The van der Waals surface area contributed by atoms with Crippen LogP contribution in [-0.2, 0) is 16.1 Å². The fraction of sp³-hybridized carbons (Fsp3) is 0.286. The first-order chi connectivity index (χ1) is 5.29. The maximum absolute atomic E-state index is 9.86. The summed E-state index contributed by atoms with van der Waals surface area (Å²) >= 11 is 0. The zero-order valence-electron chi connectivity index (χ0n) is 6.78. The van der Waals surface area contributed by atoms with E-state index in [0.717, 1.165) is 0 Å². The second-order valence-electron chi connectivity index (χ2n) is 1.94. The Bertz CT molecular complexity index is 219. The Hall–Kier alpha value is 0.346. The van der Waals surface area contributed by atoms with Crippen LogP contribution >= 0.6 is 0 Å². The molecule has 0 amide bonds. The molecule has 60 valence electrons. The van der Waals surface area contributed by atoms with Crippen molar-refractivity contribution in [3.63, 3.8) is 0 Å². The molecule has 1 aromatic rings. The SMILES string of the molecule is O=C([O-])COCc1ccco1.[K+]. The van der Waals surface area contributed by atoms with Crippen LogP contribution in [0.1, 0.15) is 5.76 Å². The Kier molecular flexibility index (Phi) is 7.02. The Balaban J connectivity index is 0.00000121. The maximum atomic E-state index is 9.86. The van der Waals surface area contributed by atoms with E-state index in [1.165, 1.54) is 6.26 Å². The second-order valence-corrected chi connectivity index (χ2v) is 1.94.